The van der Waals surface area contributed by atoms with E-state index in [-0.39, 0.29) is 5.91 Å². The highest BCUT2D eigenvalue weighted by Crippen LogP contribution is 2.31. The van der Waals surface area contributed by atoms with Gasteiger partial charge < -0.3 is 14.2 Å². The molecule has 3 aromatic carbocycles. The van der Waals surface area contributed by atoms with E-state index in [4.69, 9.17) is 14.2 Å². The summed E-state index contributed by atoms with van der Waals surface area (Å²) in [7, 11) is 4.80. The van der Waals surface area contributed by atoms with Crippen LogP contribution in [0.3, 0.4) is 0 Å². The van der Waals surface area contributed by atoms with Gasteiger partial charge in [-0.15, -0.1) is 0 Å². The molecule has 0 saturated carbocycles. The van der Waals surface area contributed by atoms with Crippen LogP contribution in [0, 0.1) is 0 Å². The van der Waals surface area contributed by atoms with Gasteiger partial charge in [0.1, 0.15) is 17.2 Å². The number of methoxy groups -OCH3 is 3. The van der Waals surface area contributed by atoms with Crippen molar-refractivity contribution < 1.29 is 19.0 Å². The maximum absolute atomic E-state index is 13.3. The standard InChI is InChI=1S/C22H21NO4/c1-25-19-11-7-17(8-12-19)23(18-9-13-20(26-2)14-10-18)22(24)16-5-4-6-21(15-16)27-3/h4-15H,1-3H3. The molecule has 0 aliphatic rings. The summed E-state index contributed by atoms with van der Waals surface area (Å²) in [5.41, 5.74) is 1.99. The molecule has 0 aromatic heterocycles. The van der Waals surface area contributed by atoms with Gasteiger partial charge in [-0.25, -0.2) is 0 Å². The molecular formula is C22H21NO4. The Balaban J connectivity index is 2.05. The van der Waals surface area contributed by atoms with Crippen LogP contribution in [0.1, 0.15) is 10.4 Å². The van der Waals surface area contributed by atoms with Crippen molar-refractivity contribution in [3.8, 4) is 17.2 Å². The lowest BCUT2D eigenvalue weighted by Crippen LogP contribution is -2.25. The molecule has 0 aliphatic heterocycles. The van der Waals surface area contributed by atoms with Gasteiger partial charge in [-0.05, 0) is 66.7 Å². The van der Waals surface area contributed by atoms with E-state index in [1.807, 2.05) is 54.6 Å². The first-order valence-electron chi connectivity index (χ1n) is 8.43. The highest BCUT2D eigenvalue weighted by atomic mass is 16.5. The van der Waals surface area contributed by atoms with E-state index >= 15 is 0 Å². The summed E-state index contributed by atoms with van der Waals surface area (Å²) < 4.78 is 15.7. The quantitative estimate of drug-likeness (QED) is 0.637. The van der Waals surface area contributed by atoms with Crippen LogP contribution in [0.15, 0.2) is 72.8 Å². The fourth-order valence-corrected chi connectivity index (χ4v) is 2.73. The normalized spacial score (nSPS) is 10.2. The second-order valence-corrected chi connectivity index (χ2v) is 5.77. The van der Waals surface area contributed by atoms with Crippen LogP contribution in [-0.4, -0.2) is 27.2 Å². The number of rotatable bonds is 6. The molecule has 27 heavy (non-hydrogen) atoms. The van der Waals surface area contributed by atoms with Gasteiger partial charge in [0.15, 0.2) is 0 Å². The predicted octanol–water partition coefficient (Wildman–Crippen LogP) is 4.69. The van der Waals surface area contributed by atoms with Crippen molar-refractivity contribution in [3.05, 3.63) is 78.4 Å². The Morgan fingerprint density at radius 2 is 1.15 bits per heavy atom. The molecule has 0 saturated heterocycles. The lowest BCUT2D eigenvalue weighted by Gasteiger charge is -2.24. The highest BCUT2D eigenvalue weighted by molar-refractivity contribution is 6.11. The van der Waals surface area contributed by atoms with Crippen LogP contribution in [0.25, 0.3) is 0 Å². The average molecular weight is 363 g/mol. The molecule has 0 heterocycles. The summed E-state index contributed by atoms with van der Waals surface area (Å²) in [4.78, 5) is 15.0. The molecule has 0 fully saturated rings. The molecule has 0 bridgehead atoms. The lowest BCUT2D eigenvalue weighted by atomic mass is 10.1. The number of carbonyl (C=O) groups is 1. The van der Waals surface area contributed by atoms with Crippen molar-refractivity contribution in [2.75, 3.05) is 26.2 Å². The zero-order valence-electron chi connectivity index (χ0n) is 15.5. The fourth-order valence-electron chi connectivity index (χ4n) is 2.73. The molecule has 0 radical (unpaired) electrons. The Morgan fingerprint density at radius 3 is 1.59 bits per heavy atom. The van der Waals surface area contributed by atoms with Gasteiger partial charge in [-0.3, -0.25) is 9.69 Å². The number of carbonyl (C=O) groups excluding carboxylic acids is 1. The molecule has 5 nitrogen and oxygen atoms in total. The number of amides is 1. The topological polar surface area (TPSA) is 48.0 Å². The number of anilines is 2. The summed E-state index contributed by atoms with van der Waals surface area (Å²) in [6.45, 7) is 0. The van der Waals surface area contributed by atoms with Gasteiger partial charge in [0.2, 0.25) is 0 Å². The molecule has 5 heteroatoms. The van der Waals surface area contributed by atoms with Crippen molar-refractivity contribution >= 4 is 17.3 Å². The Morgan fingerprint density at radius 1 is 0.667 bits per heavy atom. The average Bonchev–Trinajstić information content (AvgIpc) is 2.75. The second-order valence-electron chi connectivity index (χ2n) is 5.77. The number of ether oxygens (including phenoxy) is 3. The number of hydrogen-bond acceptors (Lipinski definition) is 4. The molecular weight excluding hydrogens is 342 g/mol. The van der Waals surface area contributed by atoms with Gasteiger partial charge in [0.05, 0.1) is 21.3 Å². The molecule has 0 unspecified atom stereocenters. The monoisotopic (exact) mass is 363 g/mol. The molecule has 1 amide bonds. The van der Waals surface area contributed by atoms with Crippen LogP contribution in [0.2, 0.25) is 0 Å². The van der Waals surface area contributed by atoms with Crippen molar-refractivity contribution in [1.29, 1.82) is 0 Å². The fraction of sp³-hybridized carbons (Fsp3) is 0.136. The minimum Gasteiger partial charge on any atom is -0.497 e. The van der Waals surface area contributed by atoms with Crippen LogP contribution in [0.4, 0.5) is 11.4 Å². The summed E-state index contributed by atoms with van der Waals surface area (Å²) in [6, 6.07) is 21.8. The van der Waals surface area contributed by atoms with Crippen molar-refractivity contribution in [2.24, 2.45) is 0 Å². The smallest absolute Gasteiger partial charge is 0.262 e. The van der Waals surface area contributed by atoms with Gasteiger partial charge in [0.25, 0.3) is 5.91 Å². The van der Waals surface area contributed by atoms with E-state index in [2.05, 4.69) is 0 Å². The van der Waals surface area contributed by atoms with E-state index in [0.29, 0.717) is 11.3 Å². The van der Waals surface area contributed by atoms with E-state index in [1.54, 1.807) is 44.4 Å². The SMILES string of the molecule is COc1ccc(N(C(=O)c2cccc(OC)c2)c2ccc(OC)cc2)cc1. The van der Waals surface area contributed by atoms with Gasteiger partial charge >= 0.3 is 0 Å². The number of hydrogen-bond donors (Lipinski definition) is 0. The maximum atomic E-state index is 13.3. The van der Waals surface area contributed by atoms with Gasteiger partial charge in [0, 0.05) is 16.9 Å². The molecule has 0 N–H and O–H groups in total. The second kappa shape index (κ2) is 8.27. The van der Waals surface area contributed by atoms with Crippen LogP contribution in [-0.2, 0) is 0 Å². The summed E-state index contributed by atoms with van der Waals surface area (Å²) in [5.74, 6) is 1.92. The van der Waals surface area contributed by atoms with Gasteiger partial charge in [-0.2, -0.15) is 0 Å². The Hall–Kier alpha value is -3.47. The molecule has 138 valence electrons. The first-order valence-corrected chi connectivity index (χ1v) is 8.43. The summed E-state index contributed by atoms with van der Waals surface area (Å²) >= 11 is 0. The van der Waals surface area contributed by atoms with Crippen LogP contribution < -0.4 is 19.1 Å². The lowest BCUT2D eigenvalue weighted by molar-refractivity contribution is 0.0999. The molecule has 3 aromatic rings. The minimum atomic E-state index is -0.163. The molecule has 0 atom stereocenters. The van der Waals surface area contributed by atoms with Crippen molar-refractivity contribution in [3.63, 3.8) is 0 Å². The van der Waals surface area contributed by atoms with E-state index in [0.717, 1.165) is 22.9 Å². The number of nitrogens with zero attached hydrogens (tertiary/aromatic N) is 1. The highest BCUT2D eigenvalue weighted by Gasteiger charge is 2.20. The van der Waals surface area contributed by atoms with E-state index in [9.17, 15) is 4.79 Å². The zero-order valence-corrected chi connectivity index (χ0v) is 15.5. The third kappa shape index (κ3) is 4.03. The first kappa shape index (κ1) is 18.3. The zero-order chi connectivity index (χ0) is 19.2. The van der Waals surface area contributed by atoms with Crippen LogP contribution in [0.5, 0.6) is 17.2 Å². The van der Waals surface area contributed by atoms with Crippen LogP contribution >= 0.6 is 0 Å². The maximum Gasteiger partial charge on any atom is 0.262 e. The predicted molar refractivity (Wildman–Crippen MR) is 105 cm³/mol. The largest absolute Gasteiger partial charge is 0.497 e. The minimum absolute atomic E-state index is 0.163. The third-order valence-corrected chi connectivity index (χ3v) is 4.18. The van der Waals surface area contributed by atoms with E-state index in [1.165, 1.54) is 0 Å². The molecule has 3 rings (SSSR count). The third-order valence-electron chi connectivity index (χ3n) is 4.18. The van der Waals surface area contributed by atoms with Crippen molar-refractivity contribution in [2.45, 2.75) is 0 Å². The molecule has 0 aliphatic carbocycles. The molecule has 0 spiro atoms. The Kier molecular flexibility index (Phi) is 5.61. The van der Waals surface area contributed by atoms with Crippen molar-refractivity contribution in [1.82, 2.24) is 0 Å². The number of benzene rings is 3. The summed E-state index contributed by atoms with van der Waals surface area (Å²) in [6.07, 6.45) is 0. The van der Waals surface area contributed by atoms with E-state index < -0.39 is 0 Å². The first-order chi connectivity index (χ1) is 13.2. The summed E-state index contributed by atoms with van der Waals surface area (Å²) in [5, 5.41) is 0. The Labute approximate surface area is 158 Å². The van der Waals surface area contributed by atoms with Gasteiger partial charge in [-0.1, -0.05) is 6.07 Å². The Bertz CT molecular complexity index is 857.